The van der Waals surface area contributed by atoms with Gasteiger partial charge in [-0.25, -0.2) is 4.79 Å². The van der Waals surface area contributed by atoms with Gasteiger partial charge in [0.05, 0.1) is 6.10 Å². The normalized spacial score (nSPS) is 27.3. The summed E-state index contributed by atoms with van der Waals surface area (Å²) in [5.74, 6) is 1.35. The molecular formula is C44H53N5O8S. The van der Waals surface area contributed by atoms with Crippen LogP contribution >= 0.6 is 11.3 Å². The van der Waals surface area contributed by atoms with Gasteiger partial charge in [-0.15, -0.1) is 11.3 Å². The lowest BCUT2D eigenvalue weighted by Crippen LogP contribution is -2.50. The van der Waals surface area contributed by atoms with Crippen LogP contribution in [0.5, 0.6) is 5.75 Å². The maximum atomic E-state index is 13.5. The first-order valence-corrected chi connectivity index (χ1v) is 21.3. The van der Waals surface area contributed by atoms with Crippen molar-refractivity contribution in [3.8, 4) is 16.2 Å². The van der Waals surface area contributed by atoms with Crippen molar-refractivity contribution in [1.82, 2.24) is 20.2 Å². The first kappa shape index (κ1) is 40.5. The van der Waals surface area contributed by atoms with Gasteiger partial charge in [0.15, 0.2) is 17.8 Å². The van der Waals surface area contributed by atoms with E-state index in [0.29, 0.717) is 12.8 Å². The molecule has 58 heavy (non-hydrogen) atoms. The molecule has 14 heteroatoms. The molecule has 308 valence electrons. The van der Waals surface area contributed by atoms with E-state index in [1.54, 1.807) is 11.3 Å². The van der Waals surface area contributed by atoms with Crippen LogP contribution in [-0.4, -0.2) is 80.1 Å². The minimum atomic E-state index is -1.33. The molecule has 6 N–H and O–H groups in total. The summed E-state index contributed by atoms with van der Waals surface area (Å²) in [5, 5.41) is 37.3. The van der Waals surface area contributed by atoms with Gasteiger partial charge in [0.1, 0.15) is 29.8 Å². The molecule has 13 nitrogen and oxygen atoms in total. The maximum Gasteiger partial charge on any atom is 0.351 e. The van der Waals surface area contributed by atoms with E-state index in [9.17, 15) is 24.6 Å². The van der Waals surface area contributed by atoms with Gasteiger partial charge in [-0.3, -0.25) is 24.8 Å². The lowest BCUT2D eigenvalue weighted by molar-refractivity contribution is -0.124. The average Bonchev–Trinajstić information content (AvgIpc) is 3.47. The fraction of sp³-hybridized carbons (Fsp3) is 0.500. The summed E-state index contributed by atoms with van der Waals surface area (Å²) in [6.45, 7) is 6.58. The number of aliphatic hydroxyl groups is 2. The average molecular weight is 812 g/mol. The van der Waals surface area contributed by atoms with E-state index in [-0.39, 0.29) is 53.2 Å². The number of ketones is 2. The van der Waals surface area contributed by atoms with Crippen LogP contribution in [0.4, 0.5) is 5.82 Å². The van der Waals surface area contributed by atoms with Crippen LogP contribution in [0.1, 0.15) is 90.4 Å². The summed E-state index contributed by atoms with van der Waals surface area (Å²) in [6, 6.07) is 20.4. The first-order chi connectivity index (χ1) is 28.0. The molecule has 0 radical (unpaired) electrons. The zero-order valence-electron chi connectivity index (χ0n) is 32.9. The molecule has 4 aliphatic rings. The fourth-order valence-electron chi connectivity index (χ4n) is 8.74. The third kappa shape index (κ3) is 8.98. The molecule has 2 unspecified atom stereocenters. The van der Waals surface area contributed by atoms with Gasteiger partial charge in [0, 0.05) is 65.4 Å². The van der Waals surface area contributed by atoms with Gasteiger partial charge in [-0.1, -0.05) is 37.3 Å². The van der Waals surface area contributed by atoms with Crippen LogP contribution in [0.3, 0.4) is 0 Å². The number of hydrogen-bond acceptors (Lipinski definition) is 13. The lowest BCUT2D eigenvalue weighted by Gasteiger charge is -2.28. The summed E-state index contributed by atoms with van der Waals surface area (Å²) in [4.78, 5) is 45.3. The minimum Gasteiger partial charge on any atom is -0.488 e. The number of carbonyl (C=O) groups is 2. The van der Waals surface area contributed by atoms with Gasteiger partial charge in [-0.05, 0) is 104 Å². The van der Waals surface area contributed by atoms with Crippen molar-refractivity contribution in [2.45, 2.75) is 108 Å². The van der Waals surface area contributed by atoms with Crippen molar-refractivity contribution < 1.29 is 34.5 Å². The Hall–Kier alpha value is -4.28. The smallest absolute Gasteiger partial charge is 0.351 e. The Morgan fingerprint density at radius 1 is 1.07 bits per heavy atom. The number of thiophene rings is 1. The molecule has 2 saturated heterocycles. The summed E-state index contributed by atoms with van der Waals surface area (Å²) >= 11 is 1.77. The first-order valence-electron chi connectivity index (χ1n) is 20.5. The number of aromatic nitrogens is 2. The molecule has 8 rings (SSSR count). The number of aryl methyl sites for hydroxylation is 1. The molecule has 0 spiro atoms. The second-order valence-corrected chi connectivity index (χ2v) is 17.8. The van der Waals surface area contributed by atoms with Crippen LogP contribution in [0.15, 0.2) is 71.7 Å². The van der Waals surface area contributed by atoms with E-state index in [0.717, 1.165) is 73.2 Å². The number of nitrogens with zero attached hydrogens (tertiary/aromatic N) is 2. The fourth-order valence-corrected chi connectivity index (χ4v) is 9.69. The summed E-state index contributed by atoms with van der Waals surface area (Å²) in [6.07, 6.45) is 2.13. The third-order valence-corrected chi connectivity index (χ3v) is 13.7. The Morgan fingerprint density at radius 3 is 2.69 bits per heavy atom. The van der Waals surface area contributed by atoms with E-state index >= 15 is 0 Å². The molecule has 2 aromatic heterocycles. The molecule has 2 aromatic carbocycles. The number of ether oxygens (including phenoxy) is 2. The number of benzene rings is 2. The number of rotatable bonds is 17. The van der Waals surface area contributed by atoms with Crippen molar-refractivity contribution >= 4 is 28.7 Å². The maximum absolute atomic E-state index is 13.5. The highest BCUT2D eigenvalue weighted by Gasteiger charge is 2.51. The van der Waals surface area contributed by atoms with E-state index in [2.05, 4.69) is 58.9 Å². The number of aliphatic hydroxyl groups excluding tert-OH is 2. The van der Waals surface area contributed by atoms with Gasteiger partial charge < -0.3 is 30.3 Å². The second-order valence-electron chi connectivity index (χ2n) is 16.6. The molecule has 4 heterocycles. The van der Waals surface area contributed by atoms with E-state index in [1.807, 2.05) is 30.6 Å². The molecule has 2 aliphatic heterocycles. The topological polar surface area (TPSA) is 184 Å². The zero-order chi connectivity index (χ0) is 40.5. The monoisotopic (exact) mass is 811 g/mol. The number of carbonyl (C=O) groups excluding carboxylic acids is 2. The molecule has 0 bridgehead atoms. The van der Waals surface area contributed by atoms with Gasteiger partial charge in [-0.2, -0.15) is 4.98 Å². The highest BCUT2D eigenvalue weighted by atomic mass is 32.1. The van der Waals surface area contributed by atoms with Gasteiger partial charge >= 0.3 is 5.69 Å². The standard InChI is InChI=1S/C44H53N5O8S/c1-24(7-12-36(50)34-20-31(10-6-25(34)2)56-32-21-45-22-32)26-4-3-5-27(16-26)38-13-11-33(58-38)23-46-30-9-8-28(17-30)40(51)35-18-29(35)19-37-41(52)42(53)43(57-37)49-15-14-39(48-55)47-44(49)54/h3-6,10-11,13-16,20,24,28-30,32,35,37,41-43,45-46,52-53,55H,7-9,12,17-19,21-23H2,1-2H3,(H,47,48,54)/t24-,28+,29?,30-,35?,37+,41+,42+,43+/m0/s1. The number of hydrogen-bond donors (Lipinski definition) is 6. The Balaban J connectivity index is 0.781. The zero-order valence-corrected chi connectivity index (χ0v) is 33.7. The third-order valence-electron chi connectivity index (χ3n) is 12.5. The van der Waals surface area contributed by atoms with Crippen LogP contribution in [0.25, 0.3) is 10.4 Å². The Kier molecular flexibility index (Phi) is 12.2. The Bertz CT molecular complexity index is 2170. The van der Waals surface area contributed by atoms with Gasteiger partial charge in [0.2, 0.25) is 0 Å². The van der Waals surface area contributed by atoms with Gasteiger partial charge in [0.25, 0.3) is 0 Å². The van der Waals surface area contributed by atoms with E-state index < -0.39 is 30.2 Å². The molecule has 0 amide bonds. The summed E-state index contributed by atoms with van der Waals surface area (Å²) < 4.78 is 13.0. The highest BCUT2D eigenvalue weighted by molar-refractivity contribution is 7.15. The highest BCUT2D eigenvalue weighted by Crippen LogP contribution is 2.48. The largest absolute Gasteiger partial charge is 0.488 e. The SMILES string of the molecule is Cc1ccc(OC2CNC2)cc1C(=O)CC[C@H](C)c1cccc(-c2ccc(CN[C@H]3CC[C@@H](C(=O)C4CC4C[C@H]4O[C@@H](n5ccc(NO)nc5=O)[C@H](O)[C@@H]4O)C3)s2)c1. The number of nitrogens with one attached hydrogen (secondary N) is 3. The molecule has 2 aliphatic carbocycles. The van der Waals surface area contributed by atoms with Crippen molar-refractivity contribution in [3.05, 3.63) is 98.9 Å². The predicted octanol–water partition coefficient (Wildman–Crippen LogP) is 5.37. The lowest BCUT2D eigenvalue weighted by atomic mass is 9.91. The van der Waals surface area contributed by atoms with Crippen LogP contribution in [-0.2, 0) is 16.1 Å². The molecular weight excluding hydrogens is 759 g/mol. The Labute approximate surface area is 341 Å². The molecule has 2 saturated carbocycles. The van der Waals surface area contributed by atoms with Crippen molar-refractivity contribution in [2.75, 3.05) is 18.6 Å². The molecule has 4 aromatic rings. The van der Waals surface area contributed by atoms with Crippen LogP contribution in [0.2, 0.25) is 0 Å². The van der Waals surface area contributed by atoms with Crippen LogP contribution in [0, 0.1) is 24.7 Å². The minimum absolute atomic E-state index is 0.000375. The Morgan fingerprint density at radius 2 is 1.91 bits per heavy atom. The summed E-state index contributed by atoms with van der Waals surface area (Å²) in [5.41, 5.74) is 5.18. The summed E-state index contributed by atoms with van der Waals surface area (Å²) in [7, 11) is 0. The molecule has 9 atom stereocenters. The predicted molar refractivity (Wildman–Crippen MR) is 219 cm³/mol. The molecule has 4 fully saturated rings. The van der Waals surface area contributed by atoms with Crippen LogP contribution < -0.4 is 26.5 Å². The van der Waals surface area contributed by atoms with Crippen molar-refractivity contribution in [2.24, 2.45) is 17.8 Å². The number of anilines is 1. The van der Waals surface area contributed by atoms with Crippen molar-refractivity contribution in [1.29, 1.82) is 0 Å². The second kappa shape index (κ2) is 17.5. The van der Waals surface area contributed by atoms with Crippen molar-refractivity contribution in [3.63, 3.8) is 0 Å². The number of Topliss-reactive ketones (excluding diaryl/α,β-unsaturated/α-hetero) is 2. The quantitative estimate of drug-likeness (QED) is 0.0593. The van der Waals surface area contributed by atoms with E-state index in [4.69, 9.17) is 14.7 Å². The van der Waals surface area contributed by atoms with E-state index in [1.165, 1.54) is 33.1 Å².